The van der Waals surface area contributed by atoms with Crippen LogP contribution in [0.2, 0.25) is 0 Å². The molecule has 0 radical (unpaired) electrons. The van der Waals surface area contributed by atoms with E-state index in [4.69, 9.17) is 4.98 Å². The fraction of sp³-hybridized carbons (Fsp3) is 0.487. The highest BCUT2D eigenvalue weighted by Gasteiger charge is 2.45. The number of aromatic nitrogens is 1. The molecule has 7 aromatic rings. The van der Waals surface area contributed by atoms with E-state index >= 15 is 0 Å². The Labute approximate surface area is 492 Å². The number of benzene rings is 6. The van der Waals surface area contributed by atoms with Gasteiger partial charge < -0.3 is 0 Å². The van der Waals surface area contributed by atoms with Crippen LogP contribution in [0, 0.1) is 0 Å². The van der Waals surface area contributed by atoms with Crippen molar-refractivity contribution >= 4 is 0 Å². The lowest BCUT2D eigenvalue weighted by Gasteiger charge is -2.34. The van der Waals surface area contributed by atoms with Crippen LogP contribution in [0.4, 0.5) is 0 Å². The van der Waals surface area contributed by atoms with E-state index in [1.165, 1.54) is 254 Å². The lowest BCUT2D eigenvalue weighted by atomic mass is 9.69. The van der Waals surface area contributed by atoms with E-state index in [1.54, 1.807) is 33.4 Å². The van der Waals surface area contributed by atoms with E-state index in [9.17, 15) is 0 Å². The lowest BCUT2D eigenvalue weighted by molar-refractivity contribution is 0.401. The molecule has 0 unspecified atom stereocenters. The molecule has 0 saturated heterocycles. The second-order valence-corrected chi connectivity index (χ2v) is 25.7. The number of unbranched alkanes of at least 4 members (excludes halogenated alkanes) is 18. The standard InChI is InChI=1S/C80H101N/c1-7-13-19-29-49-78(50-30-20-14-8-2)71-37-27-25-35-65(71)67-44-39-60(55-73(67)78)61-40-45-69-70-47-42-63(58-76(70)80(75(69)56-61,53-33-23-17-11-5)54-34-24-18-12-6)77-48-43-64(59-81-77)62-41-46-68-66-36-26-28-38-72(66)79(74(68)57-62,51-31-21-15-9-3)52-32-22-16-10-4/h25-28,35-48,55-59H,7-24,29-34,49-54H2,1-6H3. The summed E-state index contributed by atoms with van der Waals surface area (Å²) >= 11 is 0. The number of pyridine rings is 1. The Morgan fingerprint density at radius 3 is 0.840 bits per heavy atom. The van der Waals surface area contributed by atoms with Gasteiger partial charge in [-0.15, -0.1) is 0 Å². The minimum absolute atomic E-state index is 0.0467. The predicted octanol–water partition coefficient (Wildman–Crippen LogP) is 24.7. The van der Waals surface area contributed by atoms with Gasteiger partial charge in [-0.1, -0.05) is 299 Å². The van der Waals surface area contributed by atoms with E-state index in [2.05, 4.69) is 181 Å². The third-order valence-corrected chi connectivity index (χ3v) is 20.4. The molecular weight excluding hydrogens is 975 g/mol. The summed E-state index contributed by atoms with van der Waals surface area (Å²) in [6.45, 7) is 14.1. The first kappa shape index (κ1) is 58.7. The topological polar surface area (TPSA) is 12.9 Å². The zero-order chi connectivity index (χ0) is 56.1. The Morgan fingerprint density at radius 2 is 0.519 bits per heavy atom. The van der Waals surface area contributed by atoms with E-state index in [1.807, 2.05) is 0 Å². The molecule has 0 bridgehead atoms. The zero-order valence-electron chi connectivity index (χ0n) is 51.4. The fourth-order valence-corrected chi connectivity index (χ4v) is 16.0. The minimum Gasteiger partial charge on any atom is -0.256 e. The molecule has 426 valence electrons. The van der Waals surface area contributed by atoms with Gasteiger partial charge in [-0.25, -0.2) is 0 Å². The highest BCUT2D eigenvalue weighted by molar-refractivity contribution is 5.89. The van der Waals surface area contributed by atoms with Crippen LogP contribution in [-0.4, -0.2) is 4.98 Å². The van der Waals surface area contributed by atoms with Gasteiger partial charge in [0, 0.05) is 33.6 Å². The largest absolute Gasteiger partial charge is 0.256 e. The second-order valence-electron chi connectivity index (χ2n) is 25.7. The average Bonchev–Trinajstić information content (AvgIpc) is 3.21. The fourth-order valence-electron chi connectivity index (χ4n) is 16.0. The average molecular weight is 1080 g/mol. The zero-order valence-corrected chi connectivity index (χ0v) is 51.4. The molecule has 6 aromatic carbocycles. The molecule has 0 fully saturated rings. The Balaban J connectivity index is 1.01. The maximum absolute atomic E-state index is 5.39. The van der Waals surface area contributed by atoms with Gasteiger partial charge in [-0.05, 0) is 152 Å². The van der Waals surface area contributed by atoms with E-state index in [0.717, 1.165) is 5.69 Å². The molecule has 1 heterocycles. The van der Waals surface area contributed by atoms with Crippen LogP contribution in [0.3, 0.4) is 0 Å². The number of hydrogen-bond acceptors (Lipinski definition) is 1. The first-order valence-corrected chi connectivity index (χ1v) is 33.7. The molecule has 10 rings (SSSR count). The summed E-state index contributed by atoms with van der Waals surface area (Å²) in [5.41, 5.74) is 25.9. The monoisotopic (exact) mass is 1080 g/mol. The van der Waals surface area contributed by atoms with Crippen molar-refractivity contribution in [3.05, 3.63) is 173 Å². The van der Waals surface area contributed by atoms with Gasteiger partial charge in [0.15, 0.2) is 0 Å². The van der Waals surface area contributed by atoms with Crippen LogP contribution in [0.1, 0.15) is 268 Å². The summed E-state index contributed by atoms with van der Waals surface area (Å²) in [7, 11) is 0. The summed E-state index contributed by atoms with van der Waals surface area (Å²) < 4.78 is 0. The number of rotatable bonds is 33. The molecule has 0 amide bonds. The summed E-state index contributed by atoms with van der Waals surface area (Å²) in [4.78, 5) is 5.39. The third-order valence-electron chi connectivity index (χ3n) is 20.4. The van der Waals surface area contributed by atoms with Gasteiger partial charge in [0.2, 0.25) is 0 Å². The first-order chi connectivity index (χ1) is 39.9. The highest BCUT2D eigenvalue weighted by Crippen LogP contribution is 2.59. The molecule has 3 aliphatic rings. The molecular formula is C80H101N. The van der Waals surface area contributed by atoms with Crippen LogP contribution in [0.25, 0.3) is 66.9 Å². The van der Waals surface area contributed by atoms with Crippen molar-refractivity contribution in [1.29, 1.82) is 0 Å². The summed E-state index contributed by atoms with van der Waals surface area (Å²) in [6.07, 6.45) is 40.5. The highest BCUT2D eigenvalue weighted by atomic mass is 14.7. The van der Waals surface area contributed by atoms with Crippen LogP contribution in [0.15, 0.2) is 140 Å². The van der Waals surface area contributed by atoms with E-state index < -0.39 is 0 Å². The predicted molar refractivity (Wildman–Crippen MR) is 352 cm³/mol. The Bertz CT molecular complexity index is 3110. The van der Waals surface area contributed by atoms with Gasteiger partial charge >= 0.3 is 0 Å². The van der Waals surface area contributed by atoms with Crippen molar-refractivity contribution in [2.24, 2.45) is 0 Å². The molecule has 81 heavy (non-hydrogen) atoms. The SMILES string of the molecule is CCCCCCC1(CCCCCC)c2ccccc2-c2ccc(-c3ccc(-c4ccc5c(c4)C(CCCCCC)(CCCCCC)c4cc(-c6ccc7c(c6)C(CCCCCC)(CCCCCC)c6ccccc6-7)ccc4-5)nc3)cc21. The second kappa shape index (κ2) is 27.7. The third kappa shape index (κ3) is 12.0. The van der Waals surface area contributed by atoms with E-state index in [-0.39, 0.29) is 16.2 Å². The van der Waals surface area contributed by atoms with Gasteiger partial charge in [0.05, 0.1) is 5.69 Å². The minimum atomic E-state index is -0.0467. The lowest BCUT2D eigenvalue weighted by Crippen LogP contribution is -2.26. The summed E-state index contributed by atoms with van der Waals surface area (Å²) in [5.74, 6) is 0. The molecule has 1 nitrogen and oxygen atoms in total. The van der Waals surface area contributed by atoms with Crippen molar-refractivity contribution in [2.45, 2.75) is 250 Å². The molecule has 0 N–H and O–H groups in total. The van der Waals surface area contributed by atoms with Crippen molar-refractivity contribution in [2.75, 3.05) is 0 Å². The summed E-state index contributed by atoms with van der Waals surface area (Å²) in [6, 6.07) is 53.9. The number of fused-ring (bicyclic) bond motifs is 9. The van der Waals surface area contributed by atoms with Gasteiger partial charge in [-0.2, -0.15) is 0 Å². The molecule has 0 aliphatic heterocycles. The van der Waals surface area contributed by atoms with Crippen LogP contribution < -0.4 is 0 Å². The number of nitrogens with zero attached hydrogens (tertiary/aromatic N) is 1. The molecule has 0 spiro atoms. The Hall–Kier alpha value is -5.53. The smallest absolute Gasteiger partial charge is 0.0702 e. The molecule has 0 atom stereocenters. The Morgan fingerprint density at radius 1 is 0.247 bits per heavy atom. The normalized spacial score (nSPS) is 14.6. The molecule has 0 saturated carbocycles. The van der Waals surface area contributed by atoms with Crippen molar-refractivity contribution in [3.8, 4) is 66.9 Å². The van der Waals surface area contributed by atoms with Gasteiger partial charge in [0.25, 0.3) is 0 Å². The molecule has 1 heteroatoms. The summed E-state index contributed by atoms with van der Waals surface area (Å²) in [5, 5.41) is 0. The van der Waals surface area contributed by atoms with Crippen molar-refractivity contribution in [3.63, 3.8) is 0 Å². The Kier molecular flexibility index (Phi) is 20.1. The maximum atomic E-state index is 5.39. The maximum Gasteiger partial charge on any atom is 0.0702 e. The van der Waals surface area contributed by atoms with Crippen molar-refractivity contribution in [1.82, 2.24) is 4.98 Å². The molecule has 1 aromatic heterocycles. The van der Waals surface area contributed by atoms with Crippen LogP contribution >= 0.6 is 0 Å². The number of hydrogen-bond donors (Lipinski definition) is 0. The van der Waals surface area contributed by atoms with Gasteiger partial charge in [-0.3, -0.25) is 4.98 Å². The van der Waals surface area contributed by atoms with Crippen molar-refractivity contribution < 1.29 is 0 Å². The first-order valence-electron chi connectivity index (χ1n) is 33.7. The quantitative estimate of drug-likeness (QED) is 0.0374. The van der Waals surface area contributed by atoms with Crippen LogP contribution in [-0.2, 0) is 16.2 Å². The van der Waals surface area contributed by atoms with E-state index in [0.29, 0.717) is 0 Å². The molecule has 3 aliphatic carbocycles. The van der Waals surface area contributed by atoms with Crippen LogP contribution in [0.5, 0.6) is 0 Å². The van der Waals surface area contributed by atoms with Gasteiger partial charge in [0.1, 0.15) is 0 Å².